The Bertz CT molecular complexity index is 1010. The third-order valence-electron chi connectivity index (χ3n) is 4.82. The Morgan fingerprint density at radius 2 is 2.07 bits per heavy atom. The van der Waals surface area contributed by atoms with Gasteiger partial charge in [-0.25, -0.2) is 4.98 Å². The second-order valence-corrected chi connectivity index (χ2v) is 7.16. The molecule has 0 fully saturated rings. The molecule has 1 aliphatic heterocycles. The Labute approximate surface area is 169 Å². The summed E-state index contributed by atoms with van der Waals surface area (Å²) in [5.41, 5.74) is 1.58. The molecule has 2 aromatic heterocycles. The molecule has 1 atom stereocenters. The number of aromatic nitrogens is 2. The number of hydrogen-bond donors (Lipinski definition) is 0. The third-order valence-corrected chi connectivity index (χ3v) is 4.82. The lowest BCUT2D eigenvalue weighted by molar-refractivity contribution is 0.146. The van der Waals surface area contributed by atoms with Crippen molar-refractivity contribution in [3.8, 4) is 34.8 Å². The van der Waals surface area contributed by atoms with Gasteiger partial charge in [0.2, 0.25) is 0 Å². The molecule has 0 N–H and O–H groups in total. The molecule has 0 spiro atoms. The zero-order valence-electron chi connectivity index (χ0n) is 17.3. The van der Waals surface area contributed by atoms with Crippen LogP contribution in [0.4, 0.5) is 0 Å². The topological polar surface area (TPSA) is 95.6 Å². The summed E-state index contributed by atoms with van der Waals surface area (Å²) < 4.78 is 24.0. The van der Waals surface area contributed by atoms with Crippen molar-refractivity contribution in [2.24, 2.45) is 13.0 Å². The number of nitriles is 1. The molecule has 0 saturated heterocycles. The van der Waals surface area contributed by atoms with Crippen LogP contribution in [0.3, 0.4) is 0 Å². The van der Waals surface area contributed by atoms with Crippen LogP contribution in [0.2, 0.25) is 0 Å². The number of pyridine rings is 2. The smallest absolute Gasteiger partial charge is 0.268 e. The number of rotatable bonds is 7. The number of hydrogen-bond acceptors (Lipinski definition) is 7. The first-order chi connectivity index (χ1) is 13.9. The Kier molecular flexibility index (Phi) is 6.09. The number of nitrogens with zero attached hydrogens (tertiary/aromatic N) is 3. The maximum atomic E-state index is 12.6. The summed E-state index contributed by atoms with van der Waals surface area (Å²) in [6, 6.07) is 5.32. The van der Waals surface area contributed by atoms with Gasteiger partial charge < -0.3 is 23.5 Å². The highest BCUT2D eigenvalue weighted by Crippen LogP contribution is 2.46. The van der Waals surface area contributed by atoms with E-state index >= 15 is 0 Å². The minimum atomic E-state index is -0.373. The Hall–Kier alpha value is -3.05. The van der Waals surface area contributed by atoms with Crippen molar-refractivity contribution in [3.63, 3.8) is 0 Å². The van der Waals surface area contributed by atoms with E-state index in [2.05, 4.69) is 4.98 Å². The van der Waals surface area contributed by atoms with E-state index in [0.29, 0.717) is 42.0 Å². The fourth-order valence-electron chi connectivity index (χ4n) is 3.40. The minimum absolute atomic E-state index is 0.0778. The Morgan fingerprint density at radius 3 is 2.69 bits per heavy atom. The van der Waals surface area contributed by atoms with E-state index in [0.717, 1.165) is 12.0 Å². The van der Waals surface area contributed by atoms with Crippen molar-refractivity contribution in [3.05, 3.63) is 33.6 Å². The van der Waals surface area contributed by atoms with Crippen LogP contribution in [0, 0.1) is 17.2 Å². The van der Waals surface area contributed by atoms with Crippen molar-refractivity contribution in [2.75, 3.05) is 27.4 Å². The van der Waals surface area contributed by atoms with Gasteiger partial charge in [-0.2, -0.15) is 5.26 Å². The van der Waals surface area contributed by atoms with Crippen molar-refractivity contribution < 1.29 is 18.9 Å². The van der Waals surface area contributed by atoms with Gasteiger partial charge >= 0.3 is 0 Å². The second kappa shape index (κ2) is 8.53. The predicted molar refractivity (Wildman–Crippen MR) is 106 cm³/mol. The van der Waals surface area contributed by atoms with Gasteiger partial charge in [-0.1, -0.05) is 13.8 Å². The van der Waals surface area contributed by atoms with Crippen molar-refractivity contribution in [1.82, 2.24) is 9.55 Å². The monoisotopic (exact) mass is 399 g/mol. The van der Waals surface area contributed by atoms with E-state index in [1.165, 1.54) is 11.7 Å². The van der Waals surface area contributed by atoms with E-state index < -0.39 is 0 Å². The molecule has 0 amide bonds. The zero-order valence-corrected chi connectivity index (χ0v) is 17.3. The largest absolute Gasteiger partial charge is 0.488 e. The number of fused-ring (bicyclic) bond motifs is 3. The van der Waals surface area contributed by atoms with Crippen LogP contribution in [0.5, 0.6) is 17.4 Å². The minimum Gasteiger partial charge on any atom is -0.488 e. The average Bonchev–Trinajstić information content (AvgIpc) is 2.71. The van der Waals surface area contributed by atoms with Gasteiger partial charge in [0, 0.05) is 38.8 Å². The molecule has 0 bridgehead atoms. The number of ether oxygens (including phenoxy) is 4. The zero-order chi connectivity index (χ0) is 21.1. The molecule has 0 aliphatic carbocycles. The van der Waals surface area contributed by atoms with Crippen LogP contribution >= 0.6 is 0 Å². The van der Waals surface area contributed by atoms with E-state index in [4.69, 9.17) is 18.9 Å². The van der Waals surface area contributed by atoms with Gasteiger partial charge in [-0.3, -0.25) is 4.79 Å². The highest BCUT2D eigenvalue weighted by molar-refractivity contribution is 5.72. The normalized spacial score (nSPS) is 14.6. The van der Waals surface area contributed by atoms with Crippen LogP contribution in [0.25, 0.3) is 11.4 Å². The molecule has 154 valence electrons. The van der Waals surface area contributed by atoms with Gasteiger partial charge in [0.15, 0.2) is 11.5 Å². The molecular formula is C21H25N3O5. The standard InChI is InChI=1S/C21H25N3O5/c1-12(2)19-14-9-13(11-22)21(25)24(3)18(14)17-15(29-19)10-16(20(23-17)27-5)28-8-6-7-26-4/h9-10,12,19H,6-8H2,1-5H3/t19-/m1/s1. The number of methoxy groups -OCH3 is 2. The Morgan fingerprint density at radius 1 is 1.31 bits per heavy atom. The summed E-state index contributed by atoms with van der Waals surface area (Å²) >= 11 is 0. The fourth-order valence-corrected chi connectivity index (χ4v) is 3.40. The van der Waals surface area contributed by atoms with E-state index in [1.807, 2.05) is 19.9 Å². The first-order valence-corrected chi connectivity index (χ1v) is 9.44. The van der Waals surface area contributed by atoms with Crippen LogP contribution in [-0.2, 0) is 11.8 Å². The lowest BCUT2D eigenvalue weighted by Gasteiger charge is -2.32. The van der Waals surface area contributed by atoms with E-state index in [-0.39, 0.29) is 23.1 Å². The molecule has 2 aromatic rings. The molecule has 8 heteroatoms. The third kappa shape index (κ3) is 3.78. The van der Waals surface area contributed by atoms with Crippen LogP contribution in [0.1, 0.15) is 37.5 Å². The second-order valence-electron chi connectivity index (χ2n) is 7.16. The van der Waals surface area contributed by atoms with Crippen LogP contribution in [-0.4, -0.2) is 37.0 Å². The van der Waals surface area contributed by atoms with Gasteiger partial charge in [0.1, 0.15) is 23.4 Å². The summed E-state index contributed by atoms with van der Waals surface area (Å²) in [5.74, 6) is 1.39. The average molecular weight is 399 g/mol. The molecule has 0 saturated carbocycles. The lowest BCUT2D eigenvalue weighted by atomic mass is 9.92. The molecular weight excluding hydrogens is 374 g/mol. The summed E-state index contributed by atoms with van der Waals surface area (Å²) in [6.45, 7) is 5.08. The van der Waals surface area contributed by atoms with Gasteiger partial charge in [0.05, 0.1) is 19.4 Å². The first kappa shape index (κ1) is 20.7. The van der Waals surface area contributed by atoms with E-state index in [9.17, 15) is 10.1 Å². The maximum absolute atomic E-state index is 12.6. The van der Waals surface area contributed by atoms with Gasteiger partial charge in [-0.05, 0) is 12.0 Å². The summed E-state index contributed by atoms with van der Waals surface area (Å²) in [5, 5.41) is 9.34. The molecule has 0 aromatic carbocycles. The molecule has 1 aliphatic rings. The predicted octanol–water partition coefficient (Wildman–Crippen LogP) is 2.83. The summed E-state index contributed by atoms with van der Waals surface area (Å²) in [7, 11) is 4.79. The van der Waals surface area contributed by atoms with Gasteiger partial charge in [-0.15, -0.1) is 0 Å². The van der Waals surface area contributed by atoms with Gasteiger partial charge in [0.25, 0.3) is 11.4 Å². The summed E-state index contributed by atoms with van der Waals surface area (Å²) in [6.07, 6.45) is 0.397. The molecule has 8 nitrogen and oxygen atoms in total. The lowest BCUT2D eigenvalue weighted by Crippen LogP contribution is -2.29. The van der Waals surface area contributed by atoms with Crippen molar-refractivity contribution >= 4 is 0 Å². The Balaban J connectivity index is 2.16. The van der Waals surface area contributed by atoms with Crippen molar-refractivity contribution in [1.29, 1.82) is 5.26 Å². The SMILES string of the molecule is COCCCOc1cc2c(nc1OC)-c1c(cc(C#N)c(=O)n1C)[C@@H](C(C)C)O2. The molecule has 0 radical (unpaired) electrons. The van der Waals surface area contributed by atoms with E-state index in [1.54, 1.807) is 26.3 Å². The highest BCUT2D eigenvalue weighted by Gasteiger charge is 2.34. The molecule has 0 unspecified atom stereocenters. The first-order valence-electron chi connectivity index (χ1n) is 9.44. The molecule has 3 heterocycles. The molecule has 3 rings (SSSR count). The molecule has 29 heavy (non-hydrogen) atoms. The van der Waals surface area contributed by atoms with Crippen LogP contribution < -0.4 is 19.8 Å². The van der Waals surface area contributed by atoms with Crippen molar-refractivity contribution in [2.45, 2.75) is 26.4 Å². The quantitative estimate of drug-likeness (QED) is 0.661. The van der Waals surface area contributed by atoms with Crippen LogP contribution in [0.15, 0.2) is 16.9 Å². The fraction of sp³-hybridized carbons (Fsp3) is 0.476. The summed E-state index contributed by atoms with van der Waals surface area (Å²) in [4.78, 5) is 17.2. The maximum Gasteiger partial charge on any atom is 0.268 e. The highest BCUT2D eigenvalue weighted by atomic mass is 16.5.